The molecule has 11 heavy (non-hydrogen) atoms. The summed E-state index contributed by atoms with van der Waals surface area (Å²) in [5.41, 5.74) is -2.50. The molecule has 0 bridgehead atoms. The Hall–Kier alpha value is -1.39. The highest BCUT2D eigenvalue weighted by Gasteiger charge is 2.15. The molecule has 0 saturated carbocycles. The highest BCUT2D eigenvalue weighted by atomic mass is 16.4. The minimum atomic E-state index is -1.00. The van der Waals surface area contributed by atoms with E-state index < -0.39 is 16.3 Å². The van der Waals surface area contributed by atoms with E-state index in [1.165, 1.54) is 15.0 Å². The normalized spacial score (nSPS) is 9.91. The van der Waals surface area contributed by atoms with E-state index in [0.717, 1.165) is 0 Å². The molecule has 1 aromatic carbocycles. The molecule has 0 aliphatic heterocycles. The van der Waals surface area contributed by atoms with Crippen LogP contribution in [-0.2, 0) is 0 Å². The lowest BCUT2D eigenvalue weighted by Crippen LogP contribution is -2.30. The second kappa shape index (κ2) is 2.34. The molecule has 56 valence electrons. The van der Waals surface area contributed by atoms with Gasteiger partial charge in [-0.3, -0.25) is 14.4 Å². The van der Waals surface area contributed by atoms with Crippen molar-refractivity contribution in [2.45, 2.75) is 6.92 Å². The van der Waals surface area contributed by atoms with E-state index in [1.54, 1.807) is 0 Å². The summed E-state index contributed by atoms with van der Waals surface area (Å²) in [6.07, 6.45) is 0. The third kappa shape index (κ3) is 0.887. The van der Waals surface area contributed by atoms with Crippen LogP contribution in [0.5, 0.6) is 5.75 Å². The summed E-state index contributed by atoms with van der Waals surface area (Å²) in [7, 11) is 1.25. The fraction of sp³-hybridized carbons (Fsp3) is 0.167. The van der Waals surface area contributed by atoms with E-state index in [1.807, 2.05) is 0 Å². The van der Waals surface area contributed by atoms with Crippen molar-refractivity contribution in [3.05, 3.63) is 36.2 Å². The van der Waals surface area contributed by atoms with Gasteiger partial charge in [-0.15, -0.1) is 0 Å². The molecule has 0 aromatic heterocycles. The van der Waals surface area contributed by atoms with Gasteiger partial charge < -0.3 is 4.65 Å². The van der Waals surface area contributed by atoms with Gasteiger partial charge in [-0.1, -0.05) is 0 Å². The maximum absolute atomic E-state index is 10.8. The summed E-state index contributed by atoms with van der Waals surface area (Å²) in [6.45, 7) is 1.39. The molecule has 0 aliphatic rings. The van der Waals surface area contributed by atoms with Crippen LogP contribution in [0, 0.1) is 6.92 Å². The molecule has 1 rings (SSSR count). The van der Waals surface area contributed by atoms with Crippen LogP contribution in [0.15, 0.2) is 14.4 Å². The Morgan fingerprint density at radius 3 is 1.82 bits per heavy atom. The minimum absolute atomic E-state index is 0.0995. The van der Waals surface area contributed by atoms with Gasteiger partial charge in [0.15, 0.2) is 5.75 Å². The fourth-order valence-electron chi connectivity index (χ4n) is 0.896. The van der Waals surface area contributed by atoms with Gasteiger partial charge in [-0.25, -0.2) is 0 Å². The lowest BCUT2D eigenvalue weighted by molar-refractivity contribution is 0.607. The first-order chi connectivity index (χ1) is 5.09. The molecule has 0 saturated heterocycles. The van der Waals surface area contributed by atoms with E-state index in [9.17, 15) is 14.4 Å². The molecule has 0 unspecified atom stereocenters. The Morgan fingerprint density at radius 1 is 1.09 bits per heavy atom. The van der Waals surface area contributed by atoms with Crippen molar-refractivity contribution in [2.24, 2.45) is 0 Å². The average Bonchev–Trinajstić information content (AvgIpc) is 2.17. The van der Waals surface area contributed by atoms with Gasteiger partial charge in [0.2, 0.25) is 5.43 Å². The van der Waals surface area contributed by atoms with Gasteiger partial charge >= 0.3 is 8.05 Å². The van der Waals surface area contributed by atoms with Crippen molar-refractivity contribution in [1.82, 2.24) is 0 Å². The maximum Gasteiger partial charge on any atom is 0.322 e. The van der Waals surface area contributed by atoms with Crippen LogP contribution in [-0.4, -0.2) is 8.05 Å². The first kappa shape index (κ1) is 7.72. The van der Waals surface area contributed by atoms with Gasteiger partial charge in [-0.2, -0.15) is 0 Å². The van der Waals surface area contributed by atoms with Crippen LogP contribution in [0.4, 0.5) is 0 Å². The first-order valence-electron chi connectivity index (χ1n) is 2.97. The van der Waals surface area contributed by atoms with E-state index in [4.69, 9.17) is 0 Å². The topological polar surface area (TPSA) is 60.4 Å². The van der Waals surface area contributed by atoms with Crippen LogP contribution in [0.1, 0.15) is 5.56 Å². The molecule has 0 spiro atoms. The monoisotopic (exact) mass is 152 g/mol. The Bertz CT molecular complexity index is 413. The quantitative estimate of drug-likeness (QED) is 0.341. The highest BCUT2D eigenvalue weighted by molar-refractivity contribution is 6.00. The lowest BCUT2D eigenvalue weighted by atomic mass is 10.3. The van der Waals surface area contributed by atoms with Crippen molar-refractivity contribution < 1.29 is 4.65 Å². The van der Waals surface area contributed by atoms with Crippen LogP contribution in [0.25, 0.3) is 0 Å². The molecule has 1 aromatic rings. The summed E-state index contributed by atoms with van der Waals surface area (Å²) in [5, 5.41) is 0. The summed E-state index contributed by atoms with van der Waals surface area (Å²) < 4.78 is 4.56. The Kier molecular flexibility index (Phi) is 1.64. The number of hydrogen-bond acceptors (Lipinski definition) is 4. The van der Waals surface area contributed by atoms with Crippen molar-refractivity contribution in [3.63, 3.8) is 0 Å². The maximum atomic E-state index is 10.8. The fourth-order valence-corrected chi connectivity index (χ4v) is 0.896. The van der Waals surface area contributed by atoms with Crippen molar-refractivity contribution in [1.29, 1.82) is 0 Å². The zero-order valence-corrected chi connectivity index (χ0v) is 6.13. The van der Waals surface area contributed by atoms with Gasteiger partial charge in [0.05, 0.1) is 0 Å². The molecule has 0 N–H and O–H groups in total. The molecule has 0 aliphatic carbocycles. The van der Waals surface area contributed by atoms with E-state index in [2.05, 4.69) is 4.65 Å². The van der Waals surface area contributed by atoms with Crippen LogP contribution in [0.2, 0.25) is 0 Å². The van der Waals surface area contributed by atoms with Gasteiger partial charge in [0.25, 0.3) is 10.9 Å². The molecule has 0 atom stereocenters. The molecule has 5 heteroatoms. The highest BCUT2D eigenvalue weighted by Crippen LogP contribution is 2.02. The van der Waals surface area contributed by atoms with Gasteiger partial charge in [-0.05, 0) is 6.92 Å². The second-order valence-corrected chi connectivity index (χ2v) is 2.15. The second-order valence-electron chi connectivity index (χ2n) is 2.15. The van der Waals surface area contributed by atoms with Crippen molar-refractivity contribution in [2.75, 3.05) is 0 Å². The van der Waals surface area contributed by atoms with Crippen molar-refractivity contribution >= 4 is 8.05 Å². The predicted octanol–water partition coefficient (Wildman–Crippen LogP) is -2.12. The van der Waals surface area contributed by atoms with Crippen LogP contribution >= 0.6 is 0 Å². The summed E-state index contributed by atoms with van der Waals surface area (Å²) in [6, 6.07) is 0. The van der Waals surface area contributed by atoms with Crippen LogP contribution in [0.3, 0.4) is 0 Å². The predicted molar refractivity (Wildman–Crippen MR) is 41.5 cm³/mol. The Balaban J connectivity index is 3.77. The molecule has 0 fully saturated rings. The van der Waals surface area contributed by atoms with Gasteiger partial charge in [0, 0.05) is 5.56 Å². The molecule has 4 nitrogen and oxygen atoms in total. The number of rotatable bonds is 1. The summed E-state index contributed by atoms with van der Waals surface area (Å²) in [5.74, 6) is -0.125. The van der Waals surface area contributed by atoms with Crippen molar-refractivity contribution in [3.8, 4) is 5.75 Å². The largest absolute Gasteiger partial charge is 0.565 e. The third-order valence-electron chi connectivity index (χ3n) is 1.50. The van der Waals surface area contributed by atoms with Gasteiger partial charge in [0.1, 0.15) is 0 Å². The number of hydrogen-bond donors (Lipinski definition) is 0. The Morgan fingerprint density at radius 2 is 1.64 bits per heavy atom. The summed E-state index contributed by atoms with van der Waals surface area (Å²) >= 11 is 0. The molecule has 0 amide bonds. The lowest BCUT2D eigenvalue weighted by Gasteiger charge is -1.92. The zero-order valence-electron chi connectivity index (χ0n) is 6.13. The van der Waals surface area contributed by atoms with E-state index in [-0.39, 0.29) is 11.3 Å². The summed E-state index contributed by atoms with van der Waals surface area (Å²) in [4.78, 5) is 32.2. The molecular formula is C6H5BO4. The molecule has 0 radical (unpaired) electrons. The van der Waals surface area contributed by atoms with Crippen LogP contribution < -0.4 is 20.9 Å². The standard InChI is InChI=1S/C6H5BO4/c1-2-3(8)4(9)5(10)6(2)11-7/h7H2,1H3. The van der Waals surface area contributed by atoms with E-state index in [0.29, 0.717) is 0 Å². The SMILES string of the molecule is BOc1c(C)c(=O)c(=O)c1=O. The first-order valence-corrected chi connectivity index (χ1v) is 2.97. The average molecular weight is 152 g/mol. The minimum Gasteiger partial charge on any atom is -0.565 e. The Labute approximate surface area is 62.6 Å². The molecule has 0 heterocycles. The third-order valence-corrected chi connectivity index (χ3v) is 1.50. The zero-order chi connectivity index (χ0) is 8.59. The smallest absolute Gasteiger partial charge is 0.322 e. The molecular weight excluding hydrogens is 147 g/mol. The van der Waals surface area contributed by atoms with E-state index >= 15 is 0 Å².